The summed E-state index contributed by atoms with van der Waals surface area (Å²) in [7, 11) is -3.85. The van der Waals surface area contributed by atoms with Crippen LogP contribution in [0.25, 0.3) is 0 Å². The minimum Gasteiger partial charge on any atom is -0.478 e. The summed E-state index contributed by atoms with van der Waals surface area (Å²) in [6.07, 6.45) is 0. The lowest BCUT2D eigenvalue weighted by Crippen LogP contribution is -2.35. The minimum absolute atomic E-state index is 0.0531. The third-order valence-corrected chi connectivity index (χ3v) is 4.40. The number of rotatable bonds is 5. The van der Waals surface area contributed by atoms with E-state index in [-0.39, 0.29) is 17.1 Å². The number of hydrogen-bond donors (Lipinski definition) is 3. The van der Waals surface area contributed by atoms with Gasteiger partial charge in [0.25, 0.3) is 0 Å². The first kappa shape index (κ1) is 15.6. The monoisotopic (exact) mass is 287 g/mol. The summed E-state index contributed by atoms with van der Waals surface area (Å²) < 4.78 is 26.5. The number of carboxylic acids is 1. The van der Waals surface area contributed by atoms with Gasteiger partial charge in [0.2, 0.25) is 10.0 Å². The smallest absolute Gasteiger partial charge is 0.335 e. The predicted octanol–water partition coefficient (Wildman–Crippen LogP) is 0.661. The lowest BCUT2D eigenvalue weighted by atomic mass is 10.1. The van der Waals surface area contributed by atoms with Crippen molar-refractivity contribution in [2.75, 3.05) is 6.61 Å². The van der Waals surface area contributed by atoms with E-state index in [2.05, 4.69) is 4.72 Å². The zero-order valence-corrected chi connectivity index (χ0v) is 11.8. The topological polar surface area (TPSA) is 104 Å². The second-order valence-electron chi connectivity index (χ2n) is 4.44. The maximum atomic E-state index is 12.1. The molecule has 1 aromatic rings. The van der Waals surface area contributed by atoms with Gasteiger partial charge in [-0.25, -0.2) is 17.9 Å². The van der Waals surface area contributed by atoms with Crippen LogP contribution in [0.2, 0.25) is 0 Å². The van der Waals surface area contributed by atoms with E-state index in [1.165, 1.54) is 13.0 Å². The van der Waals surface area contributed by atoms with Gasteiger partial charge in [0.1, 0.15) is 0 Å². The molecule has 0 aliphatic heterocycles. The molecule has 7 heteroatoms. The normalized spacial score (nSPS) is 13.3. The number of sulfonamides is 1. The summed E-state index contributed by atoms with van der Waals surface area (Å²) in [5, 5.41) is 17.9. The molecule has 0 unspecified atom stereocenters. The van der Waals surface area contributed by atoms with Gasteiger partial charge >= 0.3 is 5.97 Å². The highest BCUT2D eigenvalue weighted by Crippen LogP contribution is 2.20. The third kappa shape index (κ3) is 3.52. The molecule has 0 bridgehead atoms. The second kappa shape index (κ2) is 5.68. The van der Waals surface area contributed by atoms with E-state index >= 15 is 0 Å². The van der Waals surface area contributed by atoms with E-state index in [0.717, 1.165) is 6.07 Å². The lowest BCUT2D eigenvalue weighted by molar-refractivity contribution is 0.0696. The molecule has 0 heterocycles. The molecule has 19 heavy (non-hydrogen) atoms. The summed E-state index contributed by atoms with van der Waals surface area (Å²) in [5.41, 5.74) is 0.905. The van der Waals surface area contributed by atoms with Crippen LogP contribution in [0, 0.1) is 13.8 Å². The largest absolute Gasteiger partial charge is 0.478 e. The van der Waals surface area contributed by atoms with Crippen LogP contribution in [-0.2, 0) is 10.0 Å². The summed E-state index contributed by atoms with van der Waals surface area (Å²) in [5.74, 6) is -1.18. The van der Waals surface area contributed by atoms with Crippen LogP contribution in [0.1, 0.15) is 28.4 Å². The quantitative estimate of drug-likeness (QED) is 0.738. The maximum absolute atomic E-state index is 12.1. The molecule has 0 aliphatic carbocycles. The van der Waals surface area contributed by atoms with Crippen molar-refractivity contribution in [1.82, 2.24) is 4.72 Å². The van der Waals surface area contributed by atoms with E-state index in [0.29, 0.717) is 11.1 Å². The number of carbonyl (C=O) groups is 1. The molecule has 0 amide bonds. The Bertz CT molecular complexity index is 594. The average molecular weight is 287 g/mol. The molecule has 1 aromatic carbocycles. The number of hydrogen-bond acceptors (Lipinski definition) is 4. The molecular weight excluding hydrogens is 270 g/mol. The van der Waals surface area contributed by atoms with Crippen molar-refractivity contribution in [2.24, 2.45) is 0 Å². The summed E-state index contributed by atoms with van der Waals surface area (Å²) in [4.78, 5) is 10.9. The molecule has 6 nitrogen and oxygen atoms in total. The van der Waals surface area contributed by atoms with Gasteiger partial charge in [-0.1, -0.05) is 6.07 Å². The fraction of sp³-hybridized carbons (Fsp3) is 0.417. The molecule has 0 aromatic heterocycles. The molecule has 0 aliphatic rings. The number of carboxylic acid groups (broad SMARTS) is 1. The zero-order chi connectivity index (χ0) is 14.8. The van der Waals surface area contributed by atoms with Crippen LogP contribution in [0.15, 0.2) is 17.0 Å². The van der Waals surface area contributed by atoms with Gasteiger partial charge in [0, 0.05) is 6.04 Å². The van der Waals surface area contributed by atoms with Crippen molar-refractivity contribution in [3.63, 3.8) is 0 Å². The van der Waals surface area contributed by atoms with E-state index in [4.69, 9.17) is 10.2 Å². The van der Waals surface area contributed by atoms with Gasteiger partial charge < -0.3 is 10.2 Å². The van der Waals surface area contributed by atoms with Crippen LogP contribution in [0.4, 0.5) is 0 Å². The Labute approximate surface area is 112 Å². The lowest BCUT2D eigenvalue weighted by Gasteiger charge is -2.14. The fourth-order valence-corrected chi connectivity index (χ4v) is 3.20. The van der Waals surface area contributed by atoms with Crippen LogP contribution in [-0.4, -0.2) is 37.2 Å². The number of aliphatic hydroxyl groups is 1. The van der Waals surface area contributed by atoms with Crippen molar-refractivity contribution < 1.29 is 23.4 Å². The van der Waals surface area contributed by atoms with Gasteiger partial charge in [-0.05, 0) is 38.0 Å². The maximum Gasteiger partial charge on any atom is 0.335 e. The van der Waals surface area contributed by atoms with Gasteiger partial charge in [-0.3, -0.25) is 0 Å². The van der Waals surface area contributed by atoms with Crippen LogP contribution in [0.3, 0.4) is 0 Å². The Morgan fingerprint density at radius 2 is 1.89 bits per heavy atom. The molecule has 1 rings (SSSR count). The van der Waals surface area contributed by atoms with E-state index in [1.54, 1.807) is 13.8 Å². The SMILES string of the molecule is Cc1cc(C)c(S(=O)(=O)N[C@@H](C)CO)cc1C(=O)O. The molecule has 0 fully saturated rings. The first-order valence-corrected chi connectivity index (χ1v) is 7.15. The van der Waals surface area contributed by atoms with E-state index in [1.807, 2.05) is 0 Å². The number of aliphatic hydroxyl groups excluding tert-OH is 1. The molecule has 1 atom stereocenters. The predicted molar refractivity (Wildman–Crippen MR) is 69.7 cm³/mol. The van der Waals surface area contributed by atoms with Gasteiger partial charge in [0.15, 0.2) is 0 Å². The Hall–Kier alpha value is -1.44. The van der Waals surface area contributed by atoms with Crippen LogP contribution in [0.5, 0.6) is 0 Å². The number of nitrogens with one attached hydrogen (secondary N) is 1. The molecule has 106 valence electrons. The molecular formula is C12H17NO5S. The van der Waals surface area contributed by atoms with Gasteiger partial charge in [0.05, 0.1) is 17.1 Å². The third-order valence-electron chi connectivity index (χ3n) is 2.67. The molecule has 3 N–H and O–H groups in total. The van der Waals surface area contributed by atoms with Crippen molar-refractivity contribution in [3.05, 3.63) is 28.8 Å². The molecule has 0 spiro atoms. The summed E-state index contributed by atoms with van der Waals surface area (Å²) >= 11 is 0. The van der Waals surface area contributed by atoms with Crippen molar-refractivity contribution in [2.45, 2.75) is 31.7 Å². The highest BCUT2D eigenvalue weighted by molar-refractivity contribution is 7.89. The van der Waals surface area contributed by atoms with Crippen molar-refractivity contribution in [3.8, 4) is 0 Å². The number of aryl methyl sites for hydroxylation is 2. The first-order valence-electron chi connectivity index (χ1n) is 5.66. The first-order chi connectivity index (χ1) is 8.69. The highest BCUT2D eigenvalue weighted by atomic mass is 32.2. The Kier molecular flexibility index (Phi) is 4.67. The minimum atomic E-state index is -3.85. The summed E-state index contributed by atoms with van der Waals surface area (Å²) in [6, 6.07) is 2.01. The Morgan fingerprint density at radius 3 is 2.37 bits per heavy atom. The average Bonchev–Trinajstić information content (AvgIpc) is 2.27. The van der Waals surface area contributed by atoms with Crippen LogP contribution < -0.4 is 4.72 Å². The molecule has 0 saturated heterocycles. The van der Waals surface area contributed by atoms with E-state index in [9.17, 15) is 13.2 Å². The fourth-order valence-electron chi connectivity index (χ4n) is 1.72. The zero-order valence-electron chi connectivity index (χ0n) is 11.0. The summed E-state index contributed by atoms with van der Waals surface area (Å²) in [6.45, 7) is 4.38. The number of benzene rings is 1. The van der Waals surface area contributed by atoms with Crippen LogP contribution >= 0.6 is 0 Å². The Balaban J connectivity index is 3.34. The Morgan fingerprint density at radius 1 is 1.32 bits per heavy atom. The van der Waals surface area contributed by atoms with Gasteiger partial charge in [-0.15, -0.1) is 0 Å². The van der Waals surface area contributed by atoms with Crippen molar-refractivity contribution >= 4 is 16.0 Å². The highest BCUT2D eigenvalue weighted by Gasteiger charge is 2.22. The standard InChI is InChI=1S/C12H17NO5S/c1-7-4-8(2)11(5-10(7)12(15)16)19(17,18)13-9(3)6-14/h4-5,9,13-14H,6H2,1-3H3,(H,15,16)/t9-/m0/s1. The van der Waals surface area contributed by atoms with E-state index < -0.39 is 22.0 Å². The van der Waals surface area contributed by atoms with Crippen molar-refractivity contribution in [1.29, 1.82) is 0 Å². The second-order valence-corrected chi connectivity index (χ2v) is 6.13. The molecule has 0 radical (unpaired) electrons. The molecule has 0 saturated carbocycles. The van der Waals surface area contributed by atoms with Gasteiger partial charge in [-0.2, -0.15) is 0 Å². The number of aromatic carboxylic acids is 1.